The van der Waals surface area contributed by atoms with Crippen molar-refractivity contribution in [2.45, 2.75) is 40.2 Å². The molecule has 0 amide bonds. The quantitative estimate of drug-likeness (QED) is 0.750. The molecular weight excluding hydrogens is 264 g/mol. The van der Waals surface area contributed by atoms with E-state index in [1.165, 1.54) is 0 Å². The fourth-order valence-corrected chi connectivity index (χ4v) is 1.89. The van der Waals surface area contributed by atoms with E-state index in [0.717, 1.165) is 6.54 Å². The second-order valence-electron chi connectivity index (χ2n) is 5.72. The second-order valence-corrected chi connectivity index (χ2v) is 6.13. The van der Waals surface area contributed by atoms with Gasteiger partial charge in [-0.05, 0) is 18.8 Å². The summed E-state index contributed by atoms with van der Waals surface area (Å²) in [5.41, 5.74) is 0.0888. The first-order valence-corrected chi connectivity index (χ1v) is 6.88. The largest absolute Gasteiger partial charge is 0.391 e. The van der Waals surface area contributed by atoms with E-state index in [4.69, 9.17) is 11.6 Å². The number of anilines is 2. The average molecular weight is 287 g/mol. The van der Waals surface area contributed by atoms with E-state index in [2.05, 4.69) is 41.4 Å². The van der Waals surface area contributed by atoms with Gasteiger partial charge in [0.2, 0.25) is 5.95 Å². The zero-order valence-electron chi connectivity index (χ0n) is 12.0. The van der Waals surface area contributed by atoms with Crippen LogP contribution in [-0.2, 0) is 0 Å². The fraction of sp³-hybridized carbons (Fsp3) is 0.692. The highest BCUT2D eigenvalue weighted by atomic mass is 35.5. The predicted molar refractivity (Wildman–Crippen MR) is 79.8 cm³/mol. The molecular formula is C13H23ClN4O. The summed E-state index contributed by atoms with van der Waals surface area (Å²) in [5, 5.41) is 16.5. The van der Waals surface area contributed by atoms with Gasteiger partial charge in [-0.1, -0.05) is 32.4 Å². The molecule has 0 radical (unpaired) electrons. The molecule has 1 atom stereocenters. The highest BCUT2D eigenvalue weighted by Crippen LogP contribution is 2.22. The van der Waals surface area contributed by atoms with E-state index >= 15 is 0 Å². The van der Waals surface area contributed by atoms with Gasteiger partial charge in [-0.2, -0.15) is 4.98 Å². The summed E-state index contributed by atoms with van der Waals surface area (Å²) in [5.74, 6) is 1.07. The minimum Gasteiger partial charge on any atom is -0.391 e. The molecule has 0 spiro atoms. The Morgan fingerprint density at radius 1 is 1.37 bits per heavy atom. The van der Waals surface area contributed by atoms with Crippen molar-refractivity contribution < 1.29 is 5.11 Å². The van der Waals surface area contributed by atoms with Crippen molar-refractivity contribution >= 4 is 23.4 Å². The maximum Gasteiger partial charge on any atom is 0.224 e. The smallest absolute Gasteiger partial charge is 0.224 e. The molecule has 0 aliphatic heterocycles. The highest BCUT2D eigenvalue weighted by Gasteiger charge is 2.17. The van der Waals surface area contributed by atoms with E-state index in [-0.39, 0.29) is 5.41 Å². The normalized spacial score (nSPS) is 13.2. The lowest BCUT2D eigenvalue weighted by molar-refractivity contribution is 0.132. The van der Waals surface area contributed by atoms with Crippen LogP contribution >= 0.6 is 11.6 Å². The predicted octanol–water partition coefficient (Wildman–Crippen LogP) is 2.77. The third kappa shape index (κ3) is 6.07. The molecule has 108 valence electrons. The van der Waals surface area contributed by atoms with Gasteiger partial charge in [0, 0.05) is 13.1 Å². The molecule has 1 rings (SSSR count). The van der Waals surface area contributed by atoms with E-state index < -0.39 is 6.10 Å². The van der Waals surface area contributed by atoms with E-state index in [0.29, 0.717) is 29.8 Å². The minimum absolute atomic E-state index is 0.0888. The van der Waals surface area contributed by atoms with Gasteiger partial charge in [0.05, 0.1) is 12.3 Å². The summed E-state index contributed by atoms with van der Waals surface area (Å²) in [6.45, 7) is 9.41. The second kappa shape index (κ2) is 6.91. The molecule has 0 saturated carbocycles. The first kappa shape index (κ1) is 16.0. The van der Waals surface area contributed by atoms with Crippen molar-refractivity contribution in [3.63, 3.8) is 0 Å². The molecule has 5 nitrogen and oxygen atoms in total. The first-order chi connectivity index (χ1) is 8.81. The zero-order chi connectivity index (χ0) is 14.5. The number of aliphatic hydroxyl groups excluding tert-OH is 1. The standard InChI is InChI=1S/C13H23ClN4O/c1-5-15-12-17-8-10(14)11(18-12)16-7-9(19)6-13(2,3)4/h8-9,19H,5-7H2,1-4H3,(H2,15,16,17,18). The van der Waals surface area contributed by atoms with Crippen LogP contribution in [0.25, 0.3) is 0 Å². The molecule has 0 saturated heterocycles. The van der Waals surface area contributed by atoms with Crippen LogP contribution in [0.3, 0.4) is 0 Å². The summed E-state index contributed by atoms with van der Waals surface area (Å²) in [6.07, 6.45) is 1.82. The van der Waals surface area contributed by atoms with Crippen LogP contribution in [-0.4, -0.2) is 34.3 Å². The van der Waals surface area contributed by atoms with Crippen LogP contribution in [0.1, 0.15) is 34.1 Å². The number of rotatable bonds is 6. The van der Waals surface area contributed by atoms with Gasteiger partial charge in [-0.25, -0.2) is 4.98 Å². The molecule has 19 heavy (non-hydrogen) atoms. The lowest BCUT2D eigenvalue weighted by atomic mass is 9.89. The molecule has 1 unspecified atom stereocenters. The Kier molecular flexibility index (Phi) is 5.82. The maximum absolute atomic E-state index is 9.95. The van der Waals surface area contributed by atoms with Crippen molar-refractivity contribution in [3.8, 4) is 0 Å². The van der Waals surface area contributed by atoms with Crippen LogP contribution in [0.4, 0.5) is 11.8 Å². The van der Waals surface area contributed by atoms with Gasteiger partial charge in [-0.15, -0.1) is 0 Å². The summed E-state index contributed by atoms with van der Waals surface area (Å²) in [6, 6.07) is 0. The van der Waals surface area contributed by atoms with Crippen molar-refractivity contribution in [2.75, 3.05) is 23.7 Å². The highest BCUT2D eigenvalue weighted by molar-refractivity contribution is 6.32. The van der Waals surface area contributed by atoms with Crippen LogP contribution < -0.4 is 10.6 Å². The number of nitrogens with one attached hydrogen (secondary N) is 2. The zero-order valence-corrected chi connectivity index (χ0v) is 12.8. The van der Waals surface area contributed by atoms with Crippen molar-refractivity contribution in [2.24, 2.45) is 5.41 Å². The number of nitrogens with zero attached hydrogens (tertiary/aromatic N) is 2. The van der Waals surface area contributed by atoms with Gasteiger partial charge in [0.1, 0.15) is 5.02 Å². The SMILES string of the molecule is CCNc1ncc(Cl)c(NCC(O)CC(C)(C)C)n1. The lowest BCUT2D eigenvalue weighted by Gasteiger charge is -2.22. The number of hydrogen-bond donors (Lipinski definition) is 3. The van der Waals surface area contributed by atoms with Crippen molar-refractivity contribution in [1.82, 2.24) is 9.97 Å². The monoisotopic (exact) mass is 286 g/mol. The summed E-state index contributed by atoms with van der Waals surface area (Å²) >= 11 is 6.02. The van der Waals surface area contributed by atoms with Crippen LogP contribution in [0.15, 0.2) is 6.20 Å². The Hall–Kier alpha value is -1.07. The maximum atomic E-state index is 9.95. The van der Waals surface area contributed by atoms with Crippen LogP contribution in [0.5, 0.6) is 0 Å². The molecule has 3 N–H and O–H groups in total. The third-order valence-corrected chi connectivity index (χ3v) is 2.71. The summed E-state index contributed by atoms with van der Waals surface area (Å²) < 4.78 is 0. The number of aromatic nitrogens is 2. The minimum atomic E-state index is -0.436. The molecule has 1 aromatic rings. The molecule has 6 heteroatoms. The van der Waals surface area contributed by atoms with Crippen LogP contribution in [0, 0.1) is 5.41 Å². The molecule has 1 heterocycles. The van der Waals surface area contributed by atoms with Gasteiger partial charge >= 0.3 is 0 Å². The van der Waals surface area contributed by atoms with Crippen molar-refractivity contribution in [1.29, 1.82) is 0 Å². The molecule has 0 bridgehead atoms. The molecule has 1 aromatic heterocycles. The van der Waals surface area contributed by atoms with Gasteiger partial charge in [0.25, 0.3) is 0 Å². The topological polar surface area (TPSA) is 70.1 Å². The Morgan fingerprint density at radius 3 is 2.63 bits per heavy atom. The Labute approximate surface area is 119 Å². The van der Waals surface area contributed by atoms with E-state index in [1.54, 1.807) is 6.20 Å². The van der Waals surface area contributed by atoms with E-state index in [9.17, 15) is 5.11 Å². The molecule has 0 fully saturated rings. The van der Waals surface area contributed by atoms with Gasteiger partial charge in [0.15, 0.2) is 5.82 Å². The Balaban J connectivity index is 2.59. The first-order valence-electron chi connectivity index (χ1n) is 6.50. The molecule has 0 aromatic carbocycles. The fourth-order valence-electron chi connectivity index (χ4n) is 1.73. The average Bonchev–Trinajstić information content (AvgIpc) is 2.28. The van der Waals surface area contributed by atoms with Gasteiger partial charge < -0.3 is 15.7 Å². The number of aliphatic hydroxyl groups is 1. The number of halogens is 1. The Morgan fingerprint density at radius 2 is 2.05 bits per heavy atom. The lowest BCUT2D eigenvalue weighted by Crippen LogP contribution is -2.25. The van der Waals surface area contributed by atoms with E-state index in [1.807, 2.05) is 6.92 Å². The van der Waals surface area contributed by atoms with Gasteiger partial charge in [-0.3, -0.25) is 0 Å². The summed E-state index contributed by atoms with van der Waals surface area (Å²) in [4.78, 5) is 8.31. The summed E-state index contributed by atoms with van der Waals surface area (Å²) in [7, 11) is 0. The molecule has 0 aliphatic carbocycles. The number of hydrogen-bond acceptors (Lipinski definition) is 5. The Bertz CT molecular complexity index is 406. The third-order valence-electron chi connectivity index (χ3n) is 2.43. The van der Waals surface area contributed by atoms with Crippen molar-refractivity contribution in [3.05, 3.63) is 11.2 Å². The van der Waals surface area contributed by atoms with Crippen LogP contribution in [0.2, 0.25) is 5.02 Å². The molecule has 0 aliphatic rings.